The number of rotatable bonds is 2. The standard InChI is InChI=1S/C13H12N2O/c1-10(15-16)12-7-8-13(14-9-12)11-5-3-2-4-6-11/h2-9,16H,1H3. The van der Waals surface area contributed by atoms with Crippen LogP contribution >= 0.6 is 0 Å². The quantitative estimate of drug-likeness (QED) is 0.472. The van der Waals surface area contributed by atoms with Crippen LogP contribution in [0.4, 0.5) is 0 Å². The maximum Gasteiger partial charge on any atom is 0.0852 e. The molecule has 1 N–H and O–H groups in total. The minimum atomic E-state index is 0.562. The highest BCUT2D eigenvalue weighted by Gasteiger charge is 2.00. The third-order valence-corrected chi connectivity index (χ3v) is 2.40. The number of benzene rings is 1. The molecule has 16 heavy (non-hydrogen) atoms. The summed E-state index contributed by atoms with van der Waals surface area (Å²) in [6.45, 7) is 1.74. The molecule has 0 unspecified atom stereocenters. The van der Waals surface area contributed by atoms with Gasteiger partial charge >= 0.3 is 0 Å². The molecule has 0 aliphatic rings. The highest BCUT2D eigenvalue weighted by Crippen LogP contribution is 2.16. The first-order valence-electron chi connectivity index (χ1n) is 5.02. The first kappa shape index (κ1) is 10.4. The van der Waals surface area contributed by atoms with Crippen LogP contribution < -0.4 is 0 Å². The lowest BCUT2D eigenvalue weighted by Crippen LogP contribution is -1.95. The molecule has 3 nitrogen and oxygen atoms in total. The zero-order valence-electron chi connectivity index (χ0n) is 8.96. The molecule has 0 saturated carbocycles. The Hall–Kier alpha value is -2.16. The topological polar surface area (TPSA) is 45.5 Å². The lowest BCUT2D eigenvalue weighted by Gasteiger charge is -2.02. The molecule has 0 amide bonds. The molecule has 1 aromatic heterocycles. The van der Waals surface area contributed by atoms with Crippen LogP contribution in [-0.2, 0) is 0 Å². The smallest absolute Gasteiger partial charge is 0.0852 e. The van der Waals surface area contributed by atoms with Crippen molar-refractivity contribution in [3.05, 3.63) is 54.2 Å². The van der Waals surface area contributed by atoms with Gasteiger partial charge in [-0.1, -0.05) is 35.5 Å². The predicted molar refractivity (Wildman–Crippen MR) is 63.7 cm³/mol. The summed E-state index contributed by atoms with van der Waals surface area (Å²) in [5, 5.41) is 11.8. The highest BCUT2D eigenvalue weighted by atomic mass is 16.4. The fraction of sp³-hybridized carbons (Fsp3) is 0.0769. The van der Waals surface area contributed by atoms with Gasteiger partial charge in [-0.15, -0.1) is 0 Å². The SMILES string of the molecule is CC(=NO)c1ccc(-c2ccccc2)nc1. The minimum absolute atomic E-state index is 0.562. The van der Waals surface area contributed by atoms with Crippen molar-refractivity contribution in [2.45, 2.75) is 6.92 Å². The largest absolute Gasteiger partial charge is 0.411 e. The van der Waals surface area contributed by atoms with Crippen molar-refractivity contribution in [2.24, 2.45) is 5.16 Å². The molecule has 0 bridgehead atoms. The minimum Gasteiger partial charge on any atom is -0.411 e. The molecule has 2 aromatic rings. The van der Waals surface area contributed by atoms with Gasteiger partial charge in [0.05, 0.1) is 11.4 Å². The molecule has 0 aliphatic heterocycles. The molecule has 1 heterocycles. The van der Waals surface area contributed by atoms with Crippen LogP contribution in [0.1, 0.15) is 12.5 Å². The monoisotopic (exact) mass is 212 g/mol. The molecule has 0 fully saturated rings. The Morgan fingerprint density at radius 1 is 1.12 bits per heavy atom. The lowest BCUT2D eigenvalue weighted by atomic mass is 10.1. The Bertz CT molecular complexity index is 489. The van der Waals surface area contributed by atoms with Crippen molar-refractivity contribution in [3.63, 3.8) is 0 Å². The summed E-state index contributed by atoms with van der Waals surface area (Å²) < 4.78 is 0. The van der Waals surface area contributed by atoms with Crippen LogP contribution in [-0.4, -0.2) is 15.9 Å². The van der Waals surface area contributed by atoms with Gasteiger partial charge in [0.2, 0.25) is 0 Å². The number of hydrogen-bond acceptors (Lipinski definition) is 3. The maximum atomic E-state index is 8.63. The summed E-state index contributed by atoms with van der Waals surface area (Å²) in [6, 6.07) is 13.8. The predicted octanol–water partition coefficient (Wildman–Crippen LogP) is 2.95. The van der Waals surface area contributed by atoms with E-state index in [1.165, 1.54) is 0 Å². The summed E-state index contributed by atoms with van der Waals surface area (Å²) in [5.74, 6) is 0. The second kappa shape index (κ2) is 4.57. The summed E-state index contributed by atoms with van der Waals surface area (Å²) in [4.78, 5) is 4.33. The van der Waals surface area contributed by atoms with Crippen molar-refractivity contribution in [1.82, 2.24) is 4.98 Å². The van der Waals surface area contributed by atoms with Gasteiger partial charge in [-0.25, -0.2) is 0 Å². The van der Waals surface area contributed by atoms with Gasteiger partial charge < -0.3 is 5.21 Å². The molecule has 0 atom stereocenters. The molecule has 80 valence electrons. The van der Waals surface area contributed by atoms with E-state index in [1.54, 1.807) is 13.1 Å². The number of oxime groups is 1. The number of aromatic nitrogens is 1. The van der Waals surface area contributed by atoms with E-state index in [0.717, 1.165) is 16.8 Å². The van der Waals surface area contributed by atoms with E-state index in [9.17, 15) is 0 Å². The highest BCUT2D eigenvalue weighted by molar-refractivity contribution is 5.98. The van der Waals surface area contributed by atoms with E-state index in [1.807, 2.05) is 42.5 Å². The van der Waals surface area contributed by atoms with Crippen molar-refractivity contribution >= 4 is 5.71 Å². The lowest BCUT2D eigenvalue weighted by molar-refractivity contribution is 0.319. The first-order valence-corrected chi connectivity index (χ1v) is 5.02. The molecular weight excluding hydrogens is 200 g/mol. The van der Waals surface area contributed by atoms with Crippen molar-refractivity contribution < 1.29 is 5.21 Å². The van der Waals surface area contributed by atoms with E-state index in [4.69, 9.17) is 5.21 Å². The van der Waals surface area contributed by atoms with Crippen molar-refractivity contribution in [3.8, 4) is 11.3 Å². The van der Waals surface area contributed by atoms with E-state index < -0.39 is 0 Å². The molecule has 0 saturated heterocycles. The van der Waals surface area contributed by atoms with E-state index in [0.29, 0.717) is 5.71 Å². The summed E-state index contributed by atoms with van der Waals surface area (Å²) in [6.07, 6.45) is 1.71. The van der Waals surface area contributed by atoms with Gasteiger partial charge in [-0.3, -0.25) is 4.98 Å². The van der Waals surface area contributed by atoms with Crippen LogP contribution in [0.2, 0.25) is 0 Å². The Labute approximate surface area is 94.1 Å². The van der Waals surface area contributed by atoms with Crippen LogP contribution in [0, 0.1) is 0 Å². The van der Waals surface area contributed by atoms with E-state index in [2.05, 4.69) is 10.1 Å². The van der Waals surface area contributed by atoms with Gasteiger partial charge in [0.15, 0.2) is 0 Å². The van der Waals surface area contributed by atoms with Gasteiger partial charge in [0.1, 0.15) is 0 Å². The van der Waals surface area contributed by atoms with Gasteiger partial charge in [0.25, 0.3) is 0 Å². The van der Waals surface area contributed by atoms with Gasteiger partial charge in [0, 0.05) is 17.3 Å². The third kappa shape index (κ3) is 2.08. The van der Waals surface area contributed by atoms with Gasteiger partial charge in [-0.05, 0) is 19.1 Å². The van der Waals surface area contributed by atoms with Gasteiger partial charge in [-0.2, -0.15) is 0 Å². The zero-order valence-corrected chi connectivity index (χ0v) is 8.96. The summed E-state index contributed by atoms with van der Waals surface area (Å²) in [7, 11) is 0. The number of hydrogen-bond donors (Lipinski definition) is 1. The third-order valence-electron chi connectivity index (χ3n) is 2.40. The van der Waals surface area contributed by atoms with E-state index >= 15 is 0 Å². The normalized spacial score (nSPS) is 11.4. The number of pyridine rings is 1. The molecule has 0 radical (unpaired) electrons. The summed E-state index contributed by atoms with van der Waals surface area (Å²) >= 11 is 0. The maximum absolute atomic E-state index is 8.63. The molecule has 1 aromatic carbocycles. The fourth-order valence-corrected chi connectivity index (χ4v) is 1.45. The van der Waals surface area contributed by atoms with Crippen molar-refractivity contribution in [2.75, 3.05) is 0 Å². The van der Waals surface area contributed by atoms with Crippen LogP contribution in [0.3, 0.4) is 0 Å². The van der Waals surface area contributed by atoms with E-state index in [-0.39, 0.29) is 0 Å². The average Bonchev–Trinajstić information content (AvgIpc) is 2.39. The molecule has 0 aliphatic carbocycles. The second-order valence-electron chi connectivity index (χ2n) is 3.48. The Kier molecular flexibility index (Phi) is 2.96. The van der Waals surface area contributed by atoms with Crippen LogP contribution in [0.5, 0.6) is 0 Å². The van der Waals surface area contributed by atoms with Crippen molar-refractivity contribution in [1.29, 1.82) is 0 Å². The molecular formula is C13H12N2O. The fourth-order valence-electron chi connectivity index (χ4n) is 1.45. The zero-order chi connectivity index (χ0) is 11.4. The van der Waals surface area contributed by atoms with Crippen LogP contribution in [0.25, 0.3) is 11.3 Å². The Morgan fingerprint density at radius 2 is 1.88 bits per heavy atom. The average molecular weight is 212 g/mol. The molecule has 2 rings (SSSR count). The Balaban J connectivity index is 2.34. The second-order valence-corrected chi connectivity index (χ2v) is 3.48. The number of nitrogens with zero attached hydrogens (tertiary/aromatic N) is 2. The van der Waals surface area contributed by atoms with Crippen LogP contribution in [0.15, 0.2) is 53.8 Å². The Morgan fingerprint density at radius 3 is 2.44 bits per heavy atom. The molecule has 0 spiro atoms. The summed E-state index contributed by atoms with van der Waals surface area (Å²) in [5.41, 5.74) is 3.37. The molecule has 3 heteroatoms. The first-order chi connectivity index (χ1) is 7.81.